The van der Waals surface area contributed by atoms with Gasteiger partial charge in [-0.05, 0) is 32.4 Å². The van der Waals surface area contributed by atoms with E-state index >= 15 is 0 Å². The van der Waals surface area contributed by atoms with E-state index in [1.807, 2.05) is 0 Å². The largest absolute Gasteiger partial charge is 0.411 e. The summed E-state index contributed by atoms with van der Waals surface area (Å²) < 4.78 is 40.2. The van der Waals surface area contributed by atoms with Crippen molar-refractivity contribution in [1.82, 2.24) is 10.2 Å². The van der Waals surface area contributed by atoms with Gasteiger partial charge in [-0.3, -0.25) is 0 Å². The number of likely N-dealkylation sites (N-methyl/N-ethyl adjacent to an activating group) is 1. The predicted molar refractivity (Wildman–Crippen MR) is 69.2 cm³/mol. The van der Waals surface area contributed by atoms with Crippen LogP contribution in [0.25, 0.3) is 0 Å². The first-order chi connectivity index (χ1) is 9.01. The molecule has 1 heterocycles. The van der Waals surface area contributed by atoms with Crippen LogP contribution in [0.2, 0.25) is 0 Å². The van der Waals surface area contributed by atoms with Gasteiger partial charge in [0.1, 0.15) is 6.61 Å². The van der Waals surface area contributed by atoms with E-state index in [1.165, 1.54) is 19.3 Å². The van der Waals surface area contributed by atoms with Gasteiger partial charge in [-0.1, -0.05) is 13.3 Å². The lowest BCUT2D eigenvalue weighted by Gasteiger charge is -2.29. The number of ether oxygens (including phenoxy) is 1. The number of alkyl halides is 3. The molecular formula is C13H25F3N2O. The third-order valence-electron chi connectivity index (χ3n) is 3.37. The van der Waals surface area contributed by atoms with Crippen molar-refractivity contribution in [3.05, 3.63) is 0 Å². The summed E-state index contributed by atoms with van der Waals surface area (Å²) in [6.45, 7) is 4.91. The minimum atomic E-state index is -4.21. The lowest BCUT2D eigenvalue weighted by Crippen LogP contribution is -2.44. The zero-order valence-corrected chi connectivity index (χ0v) is 11.6. The summed E-state index contributed by atoms with van der Waals surface area (Å²) in [6.07, 6.45) is 0.145. The predicted octanol–water partition coefficient (Wildman–Crippen LogP) is 2.42. The summed E-state index contributed by atoms with van der Waals surface area (Å²) in [5.41, 5.74) is 0. The van der Waals surface area contributed by atoms with Crippen LogP contribution < -0.4 is 5.32 Å². The van der Waals surface area contributed by atoms with Crippen LogP contribution in [-0.2, 0) is 4.74 Å². The van der Waals surface area contributed by atoms with E-state index in [2.05, 4.69) is 21.9 Å². The maximum absolute atomic E-state index is 11.9. The number of rotatable bonds is 8. The molecule has 0 aliphatic carbocycles. The lowest BCUT2D eigenvalue weighted by atomic mass is 10.0. The molecule has 0 radical (unpaired) electrons. The Morgan fingerprint density at radius 3 is 2.68 bits per heavy atom. The molecule has 1 aliphatic rings. The molecule has 1 rings (SSSR count). The molecule has 114 valence electrons. The second kappa shape index (κ2) is 8.76. The first-order valence-corrected chi connectivity index (χ1v) is 7.11. The second-order valence-corrected chi connectivity index (χ2v) is 5.06. The van der Waals surface area contributed by atoms with Crippen LogP contribution in [0.3, 0.4) is 0 Å². The van der Waals surface area contributed by atoms with Gasteiger partial charge in [0.25, 0.3) is 0 Å². The number of halogens is 3. The summed E-state index contributed by atoms with van der Waals surface area (Å²) in [5.74, 6) is 0. The molecule has 3 nitrogen and oxygen atoms in total. The van der Waals surface area contributed by atoms with Crippen LogP contribution >= 0.6 is 0 Å². The van der Waals surface area contributed by atoms with Gasteiger partial charge in [-0.15, -0.1) is 0 Å². The summed E-state index contributed by atoms with van der Waals surface area (Å²) in [6, 6.07) is 0.532. The Bertz CT molecular complexity index is 230. The average Bonchev–Trinajstić information content (AvgIpc) is 2.37. The Morgan fingerprint density at radius 2 is 2.11 bits per heavy atom. The van der Waals surface area contributed by atoms with Gasteiger partial charge in [-0.2, -0.15) is 13.2 Å². The fourth-order valence-electron chi connectivity index (χ4n) is 2.35. The summed E-state index contributed by atoms with van der Waals surface area (Å²) in [4.78, 5) is 2.28. The molecule has 1 atom stereocenters. The van der Waals surface area contributed by atoms with Crippen molar-refractivity contribution in [2.24, 2.45) is 0 Å². The molecule has 1 N–H and O–H groups in total. The number of nitrogens with zero attached hydrogens (tertiary/aromatic N) is 1. The highest BCUT2D eigenvalue weighted by Crippen LogP contribution is 2.14. The van der Waals surface area contributed by atoms with E-state index in [4.69, 9.17) is 0 Å². The smallest absolute Gasteiger partial charge is 0.372 e. The van der Waals surface area contributed by atoms with Crippen LogP contribution in [0, 0.1) is 0 Å². The van der Waals surface area contributed by atoms with Gasteiger partial charge in [0.2, 0.25) is 0 Å². The zero-order chi connectivity index (χ0) is 14.1. The molecule has 1 fully saturated rings. The van der Waals surface area contributed by atoms with Crippen molar-refractivity contribution < 1.29 is 17.9 Å². The molecule has 0 bridgehead atoms. The first-order valence-electron chi connectivity index (χ1n) is 7.11. The van der Waals surface area contributed by atoms with Crippen molar-refractivity contribution in [2.45, 2.75) is 44.8 Å². The van der Waals surface area contributed by atoms with Crippen molar-refractivity contribution in [3.8, 4) is 0 Å². The first kappa shape index (κ1) is 16.7. The minimum absolute atomic E-state index is 0.175. The van der Waals surface area contributed by atoms with E-state index in [1.54, 1.807) is 0 Å². The third kappa shape index (κ3) is 8.44. The Kier molecular flexibility index (Phi) is 7.71. The minimum Gasteiger partial charge on any atom is -0.372 e. The average molecular weight is 282 g/mol. The lowest BCUT2D eigenvalue weighted by molar-refractivity contribution is -0.174. The Balaban J connectivity index is 2.07. The topological polar surface area (TPSA) is 24.5 Å². The molecule has 1 aliphatic heterocycles. The van der Waals surface area contributed by atoms with Crippen LogP contribution in [0.15, 0.2) is 0 Å². The van der Waals surface area contributed by atoms with Gasteiger partial charge in [0.05, 0.1) is 0 Å². The normalized spacial score (nSPS) is 21.0. The van der Waals surface area contributed by atoms with E-state index < -0.39 is 12.8 Å². The van der Waals surface area contributed by atoms with Crippen LogP contribution in [0.4, 0.5) is 13.2 Å². The molecule has 1 unspecified atom stereocenters. The van der Waals surface area contributed by atoms with E-state index in [-0.39, 0.29) is 6.61 Å². The van der Waals surface area contributed by atoms with Crippen LogP contribution in [-0.4, -0.2) is 56.5 Å². The maximum atomic E-state index is 11.9. The molecule has 0 saturated carbocycles. The van der Waals surface area contributed by atoms with Crippen LogP contribution in [0.5, 0.6) is 0 Å². The summed E-state index contributed by atoms with van der Waals surface area (Å²) in [7, 11) is 0. The highest BCUT2D eigenvalue weighted by molar-refractivity contribution is 4.75. The third-order valence-corrected chi connectivity index (χ3v) is 3.37. The Labute approximate surface area is 113 Å². The summed E-state index contributed by atoms with van der Waals surface area (Å²) in [5, 5.41) is 3.48. The summed E-state index contributed by atoms with van der Waals surface area (Å²) >= 11 is 0. The quantitative estimate of drug-likeness (QED) is 0.692. The standard InChI is InChI=1S/C13H25F3N2O/c1-2-18(10-12-6-3-4-7-17-12)8-5-9-19-11-13(14,15)16/h12,17H,2-11H2,1H3. The van der Waals surface area contributed by atoms with E-state index in [0.717, 1.165) is 26.2 Å². The number of piperidine rings is 1. The number of hydrogen-bond donors (Lipinski definition) is 1. The van der Waals surface area contributed by atoms with E-state index in [9.17, 15) is 13.2 Å². The molecule has 0 aromatic carbocycles. The van der Waals surface area contributed by atoms with Crippen molar-refractivity contribution in [3.63, 3.8) is 0 Å². The number of nitrogens with one attached hydrogen (secondary N) is 1. The van der Waals surface area contributed by atoms with E-state index in [0.29, 0.717) is 12.5 Å². The Morgan fingerprint density at radius 1 is 1.32 bits per heavy atom. The highest BCUT2D eigenvalue weighted by atomic mass is 19.4. The van der Waals surface area contributed by atoms with Gasteiger partial charge in [-0.25, -0.2) is 0 Å². The Hall–Kier alpha value is -0.330. The van der Waals surface area contributed by atoms with Gasteiger partial charge < -0.3 is 15.0 Å². The SMILES string of the molecule is CCN(CCCOCC(F)(F)F)CC1CCCCN1. The fraction of sp³-hybridized carbons (Fsp3) is 1.00. The maximum Gasteiger partial charge on any atom is 0.411 e. The van der Waals surface area contributed by atoms with Gasteiger partial charge >= 0.3 is 6.18 Å². The zero-order valence-electron chi connectivity index (χ0n) is 11.6. The van der Waals surface area contributed by atoms with Crippen molar-refractivity contribution in [2.75, 3.05) is 39.4 Å². The van der Waals surface area contributed by atoms with Gasteiger partial charge in [0.15, 0.2) is 0 Å². The van der Waals surface area contributed by atoms with Crippen molar-refractivity contribution in [1.29, 1.82) is 0 Å². The van der Waals surface area contributed by atoms with Crippen LogP contribution in [0.1, 0.15) is 32.6 Å². The molecular weight excluding hydrogens is 257 g/mol. The molecule has 6 heteroatoms. The molecule has 0 amide bonds. The van der Waals surface area contributed by atoms with Crippen molar-refractivity contribution >= 4 is 0 Å². The monoisotopic (exact) mass is 282 g/mol. The highest BCUT2D eigenvalue weighted by Gasteiger charge is 2.27. The number of hydrogen-bond acceptors (Lipinski definition) is 3. The molecule has 0 aromatic heterocycles. The molecule has 1 saturated heterocycles. The molecule has 19 heavy (non-hydrogen) atoms. The fourth-order valence-corrected chi connectivity index (χ4v) is 2.35. The molecule has 0 spiro atoms. The van der Waals surface area contributed by atoms with Gasteiger partial charge in [0, 0.05) is 25.7 Å². The molecule has 0 aromatic rings. The second-order valence-electron chi connectivity index (χ2n) is 5.06.